The zero-order valence-electron chi connectivity index (χ0n) is 15.6. The van der Waals surface area contributed by atoms with Gasteiger partial charge in [0.15, 0.2) is 11.7 Å². The van der Waals surface area contributed by atoms with Crippen LogP contribution in [-0.4, -0.2) is 41.3 Å². The third-order valence-electron chi connectivity index (χ3n) is 3.85. The fourth-order valence-electron chi connectivity index (χ4n) is 2.40. The van der Waals surface area contributed by atoms with Crippen LogP contribution in [0.3, 0.4) is 0 Å². The summed E-state index contributed by atoms with van der Waals surface area (Å²) in [4.78, 5) is 16.4. The van der Waals surface area contributed by atoms with Gasteiger partial charge in [0.1, 0.15) is 0 Å². The molecule has 0 aliphatic heterocycles. The molecule has 3 N–H and O–H groups in total. The summed E-state index contributed by atoms with van der Waals surface area (Å²) in [6, 6.07) is 3.32. The summed E-state index contributed by atoms with van der Waals surface area (Å²) in [5.41, 5.74) is 3.24. The molecule has 2 aromatic rings. The number of guanidine groups is 1. The van der Waals surface area contributed by atoms with Gasteiger partial charge < -0.3 is 20.4 Å². The monoisotopic (exact) mass is 474 g/mol. The summed E-state index contributed by atoms with van der Waals surface area (Å²) in [6.07, 6.45) is 1.48. The predicted molar refractivity (Wildman–Crippen MR) is 112 cm³/mol. The maximum absolute atomic E-state index is 11.8. The first-order valence-corrected chi connectivity index (χ1v) is 8.35. The zero-order valence-corrected chi connectivity index (χ0v) is 18.0. The molecule has 0 unspecified atom stereocenters. The highest BCUT2D eigenvalue weighted by Crippen LogP contribution is 2.12. The normalized spacial score (nSPS) is 11.0. The molecule has 8 nitrogen and oxygen atoms in total. The average Bonchev–Trinajstić information content (AvgIpc) is 3.19. The van der Waals surface area contributed by atoms with Crippen LogP contribution in [0.5, 0.6) is 0 Å². The summed E-state index contributed by atoms with van der Waals surface area (Å²) in [6.45, 7) is 8.38. The quantitative estimate of drug-likeness (QED) is 0.246. The highest BCUT2D eigenvalue weighted by molar-refractivity contribution is 14.0. The van der Waals surface area contributed by atoms with E-state index in [9.17, 15) is 4.79 Å². The number of aromatic nitrogens is 2. The lowest BCUT2D eigenvalue weighted by Gasteiger charge is -2.11. The number of furan rings is 1. The van der Waals surface area contributed by atoms with Gasteiger partial charge in [0.05, 0.1) is 18.5 Å². The van der Waals surface area contributed by atoms with E-state index in [0.29, 0.717) is 31.4 Å². The van der Waals surface area contributed by atoms with Gasteiger partial charge in [0, 0.05) is 37.9 Å². The van der Waals surface area contributed by atoms with E-state index in [0.717, 1.165) is 23.5 Å². The molecule has 0 aliphatic rings. The zero-order chi connectivity index (χ0) is 18.2. The van der Waals surface area contributed by atoms with Crippen LogP contribution in [0.25, 0.3) is 0 Å². The fraction of sp³-hybridized carbons (Fsp3) is 0.471. The summed E-state index contributed by atoms with van der Waals surface area (Å²) in [7, 11) is 1.93. The molecule has 0 fully saturated rings. The van der Waals surface area contributed by atoms with E-state index in [2.05, 4.69) is 26.0 Å². The number of hydrogen-bond donors (Lipinski definition) is 3. The van der Waals surface area contributed by atoms with Crippen LogP contribution in [0, 0.1) is 13.8 Å². The van der Waals surface area contributed by atoms with E-state index < -0.39 is 0 Å². The Kier molecular flexibility index (Phi) is 9.17. The molecular formula is C17H27IN6O2. The Morgan fingerprint density at radius 3 is 2.58 bits per heavy atom. The second-order valence-electron chi connectivity index (χ2n) is 5.63. The molecule has 1 amide bonds. The molecule has 9 heteroatoms. The van der Waals surface area contributed by atoms with Crippen molar-refractivity contribution in [1.82, 2.24) is 25.7 Å². The topological polar surface area (TPSA) is 96.5 Å². The van der Waals surface area contributed by atoms with Crippen molar-refractivity contribution in [3.8, 4) is 0 Å². The maximum atomic E-state index is 11.8. The molecule has 0 aliphatic carbocycles. The van der Waals surface area contributed by atoms with Crippen molar-refractivity contribution in [3.05, 3.63) is 41.1 Å². The number of aryl methyl sites for hydroxylation is 2. The van der Waals surface area contributed by atoms with Crippen LogP contribution in [0.2, 0.25) is 0 Å². The highest BCUT2D eigenvalue weighted by atomic mass is 127. The highest BCUT2D eigenvalue weighted by Gasteiger charge is 2.09. The van der Waals surface area contributed by atoms with Gasteiger partial charge in [-0.25, -0.2) is 4.99 Å². The van der Waals surface area contributed by atoms with E-state index in [1.165, 1.54) is 6.26 Å². The first-order chi connectivity index (χ1) is 12.0. The minimum Gasteiger partial charge on any atom is -0.459 e. The molecular weight excluding hydrogens is 447 g/mol. The van der Waals surface area contributed by atoms with Crippen LogP contribution in [-0.2, 0) is 13.6 Å². The van der Waals surface area contributed by atoms with Crippen LogP contribution >= 0.6 is 24.0 Å². The van der Waals surface area contributed by atoms with Crippen LogP contribution in [0.1, 0.15) is 34.4 Å². The number of halogens is 1. The Morgan fingerprint density at radius 2 is 2.00 bits per heavy atom. The van der Waals surface area contributed by atoms with Gasteiger partial charge in [-0.2, -0.15) is 5.10 Å². The Bertz CT molecular complexity index is 724. The smallest absolute Gasteiger partial charge is 0.287 e. The van der Waals surface area contributed by atoms with Gasteiger partial charge in [-0.15, -0.1) is 24.0 Å². The molecule has 144 valence electrons. The van der Waals surface area contributed by atoms with Crippen molar-refractivity contribution in [2.45, 2.75) is 27.3 Å². The van der Waals surface area contributed by atoms with E-state index in [1.54, 1.807) is 12.1 Å². The first kappa shape index (κ1) is 22.0. The van der Waals surface area contributed by atoms with Gasteiger partial charge in [-0.1, -0.05) is 0 Å². The molecule has 0 saturated heterocycles. The van der Waals surface area contributed by atoms with Gasteiger partial charge in [0.25, 0.3) is 5.91 Å². The fourth-order valence-corrected chi connectivity index (χ4v) is 2.40. The van der Waals surface area contributed by atoms with Gasteiger partial charge >= 0.3 is 0 Å². The van der Waals surface area contributed by atoms with Crippen LogP contribution in [0.15, 0.2) is 27.8 Å². The Hall–Kier alpha value is -2.04. The number of nitrogens with zero attached hydrogens (tertiary/aromatic N) is 3. The van der Waals surface area contributed by atoms with Crippen molar-refractivity contribution in [2.75, 3.05) is 19.6 Å². The molecule has 0 radical (unpaired) electrons. The van der Waals surface area contributed by atoms with Crippen molar-refractivity contribution >= 4 is 35.8 Å². The van der Waals surface area contributed by atoms with Crippen molar-refractivity contribution in [2.24, 2.45) is 12.0 Å². The first-order valence-electron chi connectivity index (χ1n) is 8.35. The van der Waals surface area contributed by atoms with Crippen molar-refractivity contribution < 1.29 is 9.21 Å². The van der Waals surface area contributed by atoms with Crippen LogP contribution in [0.4, 0.5) is 0 Å². The number of nitrogens with one attached hydrogen (secondary N) is 3. The second-order valence-corrected chi connectivity index (χ2v) is 5.63. The minimum absolute atomic E-state index is 0. The molecule has 0 bridgehead atoms. The molecule has 0 saturated carbocycles. The standard InChI is InChI=1S/C17H26N6O2.HI/c1-5-18-17(21-11-14-12(2)22-23(4)13(14)3)20-9-8-19-16(24)15-7-6-10-25-15;/h6-7,10H,5,8-9,11H2,1-4H3,(H,19,24)(H2,18,20,21);1H. The molecule has 26 heavy (non-hydrogen) atoms. The largest absolute Gasteiger partial charge is 0.459 e. The predicted octanol–water partition coefficient (Wildman–Crippen LogP) is 1.73. The lowest BCUT2D eigenvalue weighted by Crippen LogP contribution is -2.41. The summed E-state index contributed by atoms with van der Waals surface area (Å²) in [5, 5.41) is 13.6. The van der Waals surface area contributed by atoms with Crippen molar-refractivity contribution in [1.29, 1.82) is 0 Å². The number of hydrogen-bond acceptors (Lipinski definition) is 4. The lowest BCUT2D eigenvalue weighted by atomic mass is 10.2. The molecule has 0 aromatic carbocycles. The van der Waals surface area contributed by atoms with Gasteiger partial charge in [0.2, 0.25) is 0 Å². The van der Waals surface area contributed by atoms with E-state index in [4.69, 9.17) is 4.42 Å². The Labute approximate surface area is 170 Å². The van der Waals surface area contributed by atoms with Gasteiger partial charge in [-0.05, 0) is 32.9 Å². The number of rotatable bonds is 7. The van der Waals surface area contributed by atoms with Gasteiger partial charge in [-0.3, -0.25) is 9.48 Å². The number of aliphatic imine (C=N–C) groups is 1. The number of carbonyl (C=O) groups excluding carboxylic acids is 1. The van der Waals surface area contributed by atoms with E-state index in [1.807, 2.05) is 32.5 Å². The van der Waals surface area contributed by atoms with Crippen LogP contribution < -0.4 is 16.0 Å². The third-order valence-corrected chi connectivity index (χ3v) is 3.85. The third kappa shape index (κ3) is 6.04. The number of carbonyl (C=O) groups is 1. The molecule has 2 rings (SSSR count). The molecule has 0 spiro atoms. The SMILES string of the molecule is CCNC(=NCc1c(C)nn(C)c1C)NCCNC(=O)c1ccco1.I. The maximum Gasteiger partial charge on any atom is 0.287 e. The van der Waals surface area contributed by atoms with E-state index in [-0.39, 0.29) is 29.9 Å². The molecule has 2 aromatic heterocycles. The summed E-state index contributed by atoms with van der Waals surface area (Å²) >= 11 is 0. The summed E-state index contributed by atoms with van der Waals surface area (Å²) < 4.78 is 6.91. The number of amides is 1. The lowest BCUT2D eigenvalue weighted by molar-refractivity contribution is 0.0926. The second kappa shape index (κ2) is 10.8. The Balaban J connectivity index is 0.00000338. The Morgan fingerprint density at radius 1 is 1.27 bits per heavy atom. The minimum atomic E-state index is -0.227. The van der Waals surface area contributed by atoms with E-state index >= 15 is 0 Å². The average molecular weight is 474 g/mol. The van der Waals surface area contributed by atoms with Crippen molar-refractivity contribution in [3.63, 3.8) is 0 Å². The molecule has 2 heterocycles. The molecule has 0 atom stereocenters. The summed E-state index contributed by atoms with van der Waals surface area (Å²) in [5.74, 6) is 0.788.